The van der Waals surface area contributed by atoms with Gasteiger partial charge in [-0.25, -0.2) is 9.37 Å². The standard InChI is InChI=1S/C24H25FN2O/c1-16-21(14-18-9-6-10-20(25)22(18)26-16)27-23(28)19(15-24(2)11-12-24)13-17-7-4-3-5-8-17/h3-10,14,19H,11-13,15H2,1-2H3,(H,27,28)/t19-/m1/s1. The highest BCUT2D eigenvalue weighted by Gasteiger charge is 2.40. The lowest BCUT2D eigenvalue weighted by Crippen LogP contribution is -2.27. The molecular weight excluding hydrogens is 351 g/mol. The van der Waals surface area contributed by atoms with Crippen molar-refractivity contribution in [1.82, 2.24) is 4.98 Å². The molecule has 0 bridgehead atoms. The van der Waals surface area contributed by atoms with Gasteiger partial charge in [-0.2, -0.15) is 0 Å². The number of para-hydroxylation sites is 1. The van der Waals surface area contributed by atoms with E-state index in [1.165, 1.54) is 24.5 Å². The molecule has 4 heteroatoms. The Morgan fingerprint density at radius 1 is 1.18 bits per heavy atom. The quantitative estimate of drug-likeness (QED) is 0.602. The lowest BCUT2D eigenvalue weighted by atomic mass is 9.87. The Morgan fingerprint density at radius 2 is 1.93 bits per heavy atom. The highest BCUT2D eigenvalue weighted by atomic mass is 19.1. The molecule has 1 aliphatic carbocycles. The number of benzene rings is 2. The molecule has 1 aromatic heterocycles. The van der Waals surface area contributed by atoms with Crippen molar-refractivity contribution in [2.24, 2.45) is 11.3 Å². The van der Waals surface area contributed by atoms with Crippen LogP contribution >= 0.6 is 0 Å². The number of carbonyl (C=O) groups is 1. The van der Waals surface area contributed by atoms with E-state index in [1.807, 2.05) is 30.3 Å². The predicted molar refractivity (Wildman–Crippen MR) is 111 cm³/mol. The molecule has 0 unspecified atom stereocenters. The van der Waals surface area contributed by atoms with Gasteiger partial charge in [0.1, 0.15) is 11.3 Å². The fourth-order valence-electron chi connectivity index (χ4n) is 3.78. The van der Waals surface area contributed by atoms with Crippen LogP contribution in [0.25, 0.3) is 10.9 Å². The first-order valence-electron chi connectivity index (χ1n) is 9.84. The van der Waals surface area contributed by atoms with Crippen molar-refractivity contribution in [3.05, 3.63) is 71.7 Å². The maximum absolute atomic E-state index is 14.0. The van der Waals surface area contributed by atoms with Crippen molar-refractivity contribution in [2.45, 2.75) is 39.5 Å². The molecule has 1 saturated carbocycles. The molecule has 3 nitrogen and oxygen atoms in total. The highest BCUT2D eigenvalue weighted by Crippen LogP contribution is 2.50. The number of pyridine rings is 1. The Morgan fingerprint density at radius 3 is 2.64 bits per heavy atom. The average Bonchev–Trinajstić information content (AvgIpc) is 3.40. The fourth-order valence-corrected chi connectivity index (χ4v) is 3.78. The SMILES string of the molecule is Cc1nc2c(F)cccc2cc1NC(=O)[C@H](Cc1ccccc1)CC1(C)CC1. The minimum atomic E-state index is -0.345. The second-order valence-corrected chi connectivity index (χ2v) is 8.32. The summed E-state index contributed by atoms with van der Waals surface area (Å²) in [7, 11) is 0. The first-order valence-corrected chi connectivity index (χ1v) is 9.84. The normalized spacial score (nSPS) is 16.0. The third-order valence-corrected chi connectivity index (χ3v) is 5.78. The number of amides is 1. The summed E-state index contributed by atoms with van der Waals surface area (Å²) in [5.74, 6) is -0.433. The topological polar surface area (TPSA) is 42.0 Å². The minimum Gasteiger partial charge on any atom is -0.324 e. The van der Waals surface area contributed by atoms with E-state index in [9.17, 15) is 9.18 Å². The second-order valence-electron chi connectivity index (χ2n) is 8.32. The van der Waals surface area contributed by atoms with Crippen LogP contribution in [0.5, 0.6) is 0 Å². The van der Waals surface area contributed by atoms with E-state index >= 15 is 0 Å². The summed E-state index contributed by atoms with van der Waals surface area (Å²) < 4.78 is 14.0. The van der Waals surface area contributed by atoms with Gasteiger partial charge in [0.05, 0.1) is 11.4 Å². The number of nitrogens with one attached hydrogen (secondary N) is 1. The number of nitrogens with zero attached hydrogens (tertiary/aromatic N) is 1. The molecule has 2 aromatic carbocycles. The Labute approximate surface area is 165 Å². The number of hydrogen-bond donors (Lipinski definition) is 1. The molecule has 1 aliphatic rings. The first-order chi connectivity index (χ1) is 13.4. The van der Waals surface area contributed by atoms with Crippen molar-refractivity contribution < 1.29 is 9.18 Å². The highest BCUT2D eigenvalue weighted by molar-refractivity contribution is 5.95. The van der Waals surface area contributed by atoms with E-state index in [4.69, 9.17) is 0 Å². The minimum absolute atomic E-state index is 0.0117. The first kappa shape index (κ1) is 18.6. The van der Waals surface area contributed by atoms with E-state index < -0.39 is 0 Å². The molecule has 1 fully saturated rings. The average molecular weight is 376 g/mol. The van der Waals surface area contributed by atoms with E-state index in [0.29, 0.717) is 22.3 Å². The van der Waals surface area contributed by atoms with Crippen LogP contribution in [0.4, 0.5) is 10.1 Å². The van der Waals surface area contributed by atoms with Crippen molar-refractivity contribution in [3.63, 3.8) is 0 Å². The molecule has 1 atom stereocenters. The number of aromatic nitrogens is 1. The second kappa shape index (κ2) is 7.34. The Bertz CT molecular complexity index is 1010. The van der Waals surface area contributed by atoms with Gasteiger partial charge in [0, 0.05) is 11.3 Å². The van der Waals surface area contributed by atoms with Crippen LogP contribution in [0.3, 0.4) is 0 Å². The summed E-state index contributed by atoms with van der Waals surface area (Å²) in [6, 6.07) is 16.8. The third kappa shape index (κ3) is 4.06. The van der Waals surface area contributed by atoms with Gasteiger partial charge in [0.25, 0.3) is 0 Å². The van der Waals surface area contributed by atoms with Gasteiger partial charge in [-0.15, -0.1) is 0 Å². The van der Waals surface area contributed by atoms with Crippen molar-refractivity contribution in [1.29, 1.82) is 0 Å². The van der Waals surface area contributed by atoms with Crippen LogP contribution in [0, 0.1) is 24.1 Å². The number of anilines is 1. The lowest BCUT2D eigenvalue weighted by Gasteiger charge is -2.21. The van der Waals surface area contributed by atoms with E-state index in [0.717, 1.165) is 12.8 Å². The van der Waals surface area contributed by atoms with Crippen molar-refractivity contribution >= 4 is 22.5 Å². The molecule has 1 heterocycles. The molecule has 1 amide bonds. The van der Waals surface area contributed by atoms with Gasteiger partial charge in [0.15, 0.2) is 0 Å². The summed E-state index contributed by atoms with van der Waals surface area (Å²) in [6.45, 7) is 4.06. The molecule has 3 aromatic rings. The van der Waals surface area contributed by atoms with Crippen LogP contribution in [0.2, 0.25) is 0 Å². The zero-order chi connectivity index (χ0) is 19.7. The lowest BCUT2D eigenvalue weighted by molar-refractivity contribution is -0.120. The molecule has 28 heavy (non-hydrogen) atoms. The van der Waals surface area contributed by atoms with Gasteiger partial charge >= 0.3 is 0 Å². The van der Waals surface area contributed by atoms with Crippen molar-refractivity contribution in [3.8, 4) is 0 Å². The number of hydrogen-bond acceptors (Lipinski definition) is 2. The van der Waals surface area contributed by atoms with Crippen LogP contribution in [0.15, 0.2) is 54.6 Å². The zero-order valence-corrected chi connectivity index (χ0v) is 16.3. The Hall–Kier alpha value is -2.75. The third-order valence-electron chi connectivity index (χ3n) is 5.78. The number of fused-ring (bicyclic) bond motifs is 1. The largest absolute Gasteiger partial charge is 0.324 e. The summed E-state index contributed by atoms with van der Waals surface area (Å²) in [6.07, 6.45) is 3.96. The predicted octanol–water partition coefficient (Wildman–Crippen LogP) is 5.67. The molecule has 144 valence electrons. The summed E-state index contributed by atoms with van der Waals surface area (Å²) in [5, 5.41) is 3.76. The van der Waals surface area contributed by atoms with Crippen LogP contribution in [0.1, 0.15) is 37.4 Å². The fraction of sp³-hybridized carbons (Fsp3) is 0.333. The van der Waals surface area contributed by atoms with Crippen molar-refractivity contribution in [2.75, 3.05) is 5.32 Å². The van der Waals surface area contributed by atoms with Crippen LogP contribution in [-0.4, -0.2) is 10.9 Å². The molecule has 0 aliphatic heterocycles. The number of halogens is 1. The van der Waals surface area contributed by atoms with Gasteiger partial charge in [-0.05, 0) is 55.7 Å². The van der Waals surface area contributed by atoms with E-state index in [1.54, 1.807) is 13.0 Å². The van der Waals surface area contributed by atoms with Gasteiger partial charge < -0.3 is 5.32 Å². The molecule has 0 spiro atoms. The summed E-state index contributed by atoms with van der Waals surface area (Å²) >= 11 is 0. The summed E-state index contributed by atoms with van der Waals surface area (Å²) in [4.78, 5) is 17.5. The van der Waals surface area contributed by atoms with Crippen LogP contribution < -0.4 is 5.32 Å². The monoisotopic (exact) mass is 376 g/mol. The van der Waals surface area contributed by atoms with Gasteiger partial charge in [-0.3, -0.25) is 4.79 Å². The maximum Gasteiger partial charge on any atom is 0.227 e. The molecular formula is C24H25FN2O. The smallest absolute Gasteiger partial charge is 0.227 e. The molecule has 1 N–H and O–H groups in total. The zero-order valence-electron chi connectivity index (χ0n) is 16.3. The summed E-state index contributed by atoms with van der Waals surface area (Å²) in [5.41, 5.74) is 3.06. The maximum atomic E-state index is 14.0. The number of carbonyl (C=O) groups excluding carboxylic acids is 1. The van der Waals surface area contributed by atoms with E-state index in [-0.39, 0.29) is 23.1 Å². The van der Waals surface area contributed by atoms with Gasteiger partial charge in [0.2, 0.25) is 5.91 Å². The molecule has 0 saturated heterocycles. The van der Waals surface area contributed by atoms with Gasteiger partial charge in [-0.1, -0.05) is 49.4 Å². The van der Waals surface area contributed by atoms with E-state index in [2.05, 4.69) is 29.4 Å². The molecule has 4 rings (SSSR count). The Balaban J connectivity index is 1.58. The molecule has 0 radical (unpaired) electrons. The Kier molecular flexibility index (Phi) is 4.88. The number of rotatable bonds is 6. The number of aryl methyl sites for hydroxylation is 1. The van der Waals surface area contributed by atoms with Crippen LogP contribution in [-0.2, 0) is 11.2 Å².